The van der Waals surface area contributed by atoms with Gasteiger partial charge in [-0.25, -0.2) is 0 Å². The molecular formula is C14H15Br2NS. The number of thiophene rings is 1. The number of anilines is 1. The topological polar surface area (TPSA) is 12.0 Å². The van der Waals surface area contributed by atoms with E-state index in [0.717, 1.165) is 14.6 Å². The number of aryl methyl sites for hydroxylation is 2. The largest absolute Gasteiger partial charge is 0.378 e. The van der Waals surface area contributed by atoms with Gasteiger partial charge in [0.15, 0.2) is 0 Å². The minimum absolute atomic E-state index is 0.306. The van der Waals surface area contributed by atoms with E-state index in [-0.39, 0.29) is 0 Å². The first kappa shape index (κ1) is 14.1. The monoisotopic (exact) mass is 387 g/mol. The van der Waals surface area contributed by atoms with Gasteiger partial charge >= 0.3 is 0 Å². The summed E-state index contributed by atoms with van der Waals surface area (Å²) in [5, 5.41) is 3.55. The summed E-state index contributed by atoms with van der Waals surface area (Å²) >= 11 is 8.93. The van der Waals surface area contributed by atoms with Gasteiger partial charge in [0.05, 0.1) is 5.69 Å². The lowest BCUT2D eigenvalue weighted by atomic mass is 10.1. The van der Waals surface area contributed by atoms with Crippen LogP contribution in [0.2, 0.25) is 0 Å². The quantitative estimate of drug-likeness (QED) is 0.673. The molecule has 0 aliphatic heterocycles. The summed E-state index contributed by atoms with van der Waals surface area (Å²) in [6.45, 7) is 6.53. The summed E-state index contributed by atoms with van der Waals surface area (Å²) in [7, 11) is 0. The standard InChI is InChI=1S/C14H15Br2NS/c1-8-6-12(10(3)18-8)9(2)17-14-7-11(15)4-5-13(14)16/h4-7,9,17H,1-3H3. The van der Waals surface area contributed by atoms with Gasteiger partial charge in [0.25, 0.3) is 0 Å². The Kier molecular flexibility index (Phi) is 4.51. The Bertz CT molecular complexity index is 563. The molecule has 0 spiro atoms. The predicted molar refractivity (Wildman–Crippen MR) is 87.7 cm³/mol. The Balaban J connectivity index is 2.23. The Morgan fingerprint density at radius 2 is 1.89 bits per heavy atom. The fourth-order valence-corrected chi connectivity index (χ4v) is 3.74. The molecule has 2 aromatic rings. The van der Waals surface area contributed by atoms with Crippen LogP contribution in [-0.2, 0) is 0 Å². The third kappa shape index (κ3) is 3.16. The molecule has 0 aliphatic rings. The van der Waals surface area contributed by atoms with Crippen molar-refractivity contribution in [3.63, 3.8) is 0 Å². The average molecular weight is 389 g/mol. The van der Waals surface area contributed by atoms with Gasteiger partial charge in [-0.1, -0.05) is 15.9 Å². The highest BCUT2D eigenvalue weighted by Crippen LogP contribution is 2.32. The van der Waals surface area contributed by atoms with E-state index in [1.165, 1.54) is 15.3 Å². The van der Waals surface area contributed by atoms with Crippen LogP contribution in [0.1, 0.15) is 28.3 Å². The van der Waals surface area contributed by atoms with E-state index < -0.39 is 0 Å². The Morgan fingerprint density at radius 1 is 1.17 bits per heavy atom. The SMILES string of the molecule is Cc1cc(C(C)Nc2cc(Br)ccc2Br)c(C)s1. The zero-order valence-electron chi connectivity index (χ0n) is 10.6. The Labute approximate surface area is 129 Å². The first-order chi connectivity index (χ1) is 8.47. The van der Waals surface area contributed by atoms with Gasteiger partial charge in [0.2, 0.25) is 0 Å². The molecule has 0 aliphatic carbocycles. The maximum atomic E-state index is 3.57. The first-order valence-electron chi connectivity index (χ1n) is 5.76. The normalized spacial score (nSPS) is 12.5. The van der Waals surface area contributed by atoms with Crippen molar-refractivity contribution in [3.05, 3.63) is 48.5 Å². The van der Waals surface area contributed by atoms with Crippen LogP contribution in [0.5, 0.6) is 0 Å². The van der Waals surface area contributed by atoms with Gasteiger partial charge in [0, 0.05) is 24.7 Å². The minimum atomic E-state index is 0.306. The van der Waals surface area contributed by atoms with Crippen molar-refractivity contribution in [2.45, 2.75) is 26.8 Å². The highest BCUT2D eigenvalue weighted by molar-refractivity contribution is 9.11. The summed E-state index contributed by atoms with van der Waals surface area (Å²) in [5.74, 6) is 0. The van der Waals surface area contributed by atoms with Crippen LogP contribution < -0.4 is 5.32 Å². The van der Waals surface area contributed by atoms with Gasteiger partial charge < -0.3 is 5.32 Å². The average Bonchev–Trinajstić information content (AvgIpc) is 2.63. The van der Waals surface area contributed by atoms with Gasteiger partial charge in [-0.15, -0.1) is 11.3 Å². The molecule has 0 saturated heterocycles. The third-order valence-electron chi connectivity index (χ3n) is 2.85. The summed E-state index contributed by atoms with van der Waals surface area (Å²) < 4.78 is 2.17. The van der Waals surface area contributed by atoms with Crippen LogP contribution in [0.25, 0.3) is 0 Å². The summed E-state index contributed by atoms with van der Waals surface area (Å²) in [5.41, 5.74) is 2.49. The molecule has 0 amide bonds. The highest BCUT2D eigenvalue weighted by Gasteiger charge is 2.12. The fourth-order valence-electron chi connectivity index (χ4n) is 2.00. The molecule has 1 nitrogen and oxygen atoms in total. The van der Waals surface area contributed by atoms with Crippen molar-refractivity contribution >= 4 is 48.9 Å². The van der Waals surface area contributed by atoms with E-state index in [0.29, 0.717) is 6.04 Å². The molecule has 1 heterocycles. The molecule has 1 aromatic carbocycles. The summed E-state index contributed by atoms with van der Waals surface area (Å²) in [6, 6.07) is 8.74. The van der Waals surface area contributed by atoms with Crippen LogP contribution >= 0.6 is 43.2 Å². The van der Waals surface area contributed by atoms with Gasteiger partial charge in [-0.05, 0) is 66.5 Å². The van der Waals surface area contributed by atoms with Crippen molar-refractivity contribution < 1.29 is 0 Å². The third-order valence-corrected chi connectivity index (χ3v) is 5.01. The zero-order chi connectivity index (χ0) is 13.3. The van der Waals surface area contributed by atoms with Crippen LogP contribution in [0.3, 0.4) is 0 Å². The van der Waals surface area contributed by atoms with Crippen molar-refractivity contribution in [1.82, 2.24) is 0 Å². The van der Waals surface area contributed by atoms with E-state index in [1.54, 1.807) is 0 Å². The van der Waals surface area contributed by atoms with Gasteiger partial charge in [0.1, 0.15) is 0 Å². The number of hydrogen-bond acceptors (Lipinski definition) is 2. The molecule has 4 heteroatoms. The smallest absolute Gasteiger partial charge is 0.0500 e. The number of hydrogen-bond donors (Lipinski definition) is 1. The zero-order valence-corrected chi connectivity index (χ0v) is 14.5. The molecule has 1 aromatic heterocycles. The maximum absolute atomic E-state index is 3.57. The number of halogens is 2. The highest BCUT2D eigenvalue weighted by atomic mass is 79.9. The number of nitrogens with one attached hydrogen (secondary N) is 1. The lowest BCUT2D eigenvalue weighted by molar-refractivity contribution is 0.880. The van der Waals surface area contributed by atoms with Crippen LogP contribution in [0.4, 0.5) is 5.69 Å². The second kappa shape index (κ2) is 5.76. The second-order valence-corrected chi connectivity index (χ2v) is 7.59. The molecule has 18 heavy (non-hydrogen) atoms. The minimum Gasteiger partial charge on any atom is -0.378 e. The molecule has 0 saturated carbocycles. The molecule has 2 rings (SSSR count). The number of rotatable bonds is 3. The van der Waals surface area contributed by atoms with Crippen LogP contribution in [0, 0.1) is 13.8 Å². The van der Waals surface area contributed by atoms with E-state index in [4.69, 9.17) is 0 Å². The van der Waals surface area contributed by atoms with E-state index in [1.807, 2.05) is 23.5 Å². The molecule has 0 fully saturated rings. The molecule has 0 radical (unpaired) electrons. The molecular weight excluding hydrogens is 374 g/mol. The van der Waals surface area contributed by atoms with Crippen molar-refractivity contribution in [3.8, 4) is 0 Å². The van der Waals surface area contributed by atoms with Gasteiger partial charge in [-0.3, -0.25) is 0 Å². The van der Waals surface area contributed by atoms with E-state index in [2.05, 4.69) is 70.1 Å². The fraction of sp³-hybridized carbons (Fsp3) is 0.286. The number of benzene rings is 1. The van der Waals surface area contributed by atoms with Crippen molar-refractivity contribution in [2.75, 3.05) is 5.32 Å². The summed E-state index contributed by atoms with van der Waals surface area (Å²) in [4.78, 5) is 2.75. The summed E-state index contributed by atoms with van der Waals surface area (Å²) in [6.07, 6.45) is 0. The Hall–Kier alpha value is -0.320. The lowest BCUT2D eigenvalue weighted by Crippen LogP contribution is -2.07. The Morgan fingerprint density at radius 3 is 2.50 bits per heavy atom. The predicted octanol–water partition coefficient (Wildman–Crippen LogP) is 6.06. The molecule has 1 N–H and O–H groups in total. The van der Waals surface area contributed by atoms with Crippen LogP contribution in [-0.4, -0.2) is 0 Å². The molecule has 1 atom stereocenters. The van der Waals surface area contributed by atoms with E-state index >= 15 is 0 Å². The van der Waals surface area contributed by atoms with Crippen molar-refractivity contribution in [1.29, 1.82) is 0 Å². The van der Waals surface area contributed by atoms with E-state index in [9.17, 15) is 0 Å². The van der Waals surface area contributed by atoms with Crippen molar-refractivity contribution in [2.24, 2.45) is 0 Å². The second-order valence-electron chi connectivity index (χ2n) is 4.36. The van der Waals surface area contributed by atoms with Crippen LogP contribution in [0.15, 0.2) is 33.2 Å². The lowest BCUT2D eigenvalue weighted by Gasteiger charge is -2.17. The van der Waals surface area contributed by atoms with Gasteiger partial charge in [-0.2, -0.15) is 0 Å². The maximum Gasteiger partial charge on any atom is 0.0500 e. The molecule has 1 unspecified atom stereocenters. The molecule has 0 bridgehead atoms. The first-order valence-corrected chi connectivity index (χ1v) is 8.16. The molecule has 96 valence electrons.